The van der Waals surface area contributed by atoms with Crippen molar-refractivity contribution in [3.05, 3.63) is 81.5 Å². The maximum Gasteiger partial charge on any atom is 0.272 e. The lowest BCUT2D eigenvalue weighted by Gasteiger charge is -2.07. The first-order valence-corrected chi connectivity index (χ1v) is 8.58. The van der Waals surface area contributed by atoms with Crippen molar-refractivity contribution in [1.29, 1.82) is 0 Å². The number of fused-ring (bicyclic) bond motifs is 1. The summed E-state index contributed by atoms with van der Waals surface area (Å²) in [7, 11) is 0. The molecule has 3 nitrogen and oxygen atoms in total. The highest BCUT2D eigenvalue weighted by atomic mass is 19.1. The molecule has 0 unspecified atom stereocenters. The molecular formula is C22H17FN2O. The molecule has 26 heavy (non-hydrogen) atoms. The Morgan fingerprint density at radius 1 is 1.23 bits per heavy atom. The highest BCUT2D eigenvalue weighted by molar-refractivity contribution is 5.85. The van der Waals surface area contributed by atoms with Crippen molar-refractivity contribution in [2.45, 2.75) is 19.3 Å². The van der Waals surface area contributed by atoms with Crippen LogP contribution in [-0.4, -0.2) is 10.2 Å². The Labute approximate surface area is 150 Å². The van der Waals surface area contributed by atoms with Crippen LogP contribution in [0.4, 0.5) is 4.39 Å². The second-order valence-corrected chi connectivity index (χ2v) is 6.54. The van der Waals surface area contributed by atoms with Gasteiger partial charge in [0, 0.05) is 28.9 Å². The smallest absolute Gasteiger partial charge is 0.267 e. The average Bonchev–Trinajstić information content (AvgIpc) is 3.48. The van der Waals surface area contributed by atoms with Gasteiger partial charge in [0.15, 0.2) is 0 Å². The fourth-order valence-corrected chi connectivity index (χ4v) is 2.90. The normalized spacial score (nSPS) is 13.3. The lowest BCUT2D eigenvalue weighted by molar-refractivity contribution is 0.624. The highest BCUT2D eigenvalue weighted by Gasteiger charge is 2.17. The van der Waals surface area contributed by atoms with Gasteiger partial charge in [-0.2, -0.15) is 5.10 Å². The summed E-state index contributed by atoms with van der Waals surface area (Å²) in [5, 5.41) is 8.13. The molecule has 4 heteroatoms. The number of halogens is 1. The van der Waals surface area contributed by atoms with E-state index in [0.717, 1.165) is 22.2 Å². The molecule has 2 aromatic carbocycles. The Kier molecular flexibility index (Phi) is 4.14. The van der Waals surface area contributed by atoms with E-state index in [1.807, 2.05) is 12.1 Å². The first-order chi connectivity index (χ1) is 12.6. The summed E-state index contributed by atoms with van der Waals surface area (Å²) in [6, 6.07) is 10.5. The summed E-state index contributed by atoms with van der Waals surface area (Å²) in [6.07, 6.45) is 4.31. The van der Waals surface area contributed by atoms with E-state index in [-0.39, 0.29) is 11.4 Å². The van der Waals surface area contributed by atoms with Gasteiger partial charge in [0.05, 0.1) is 11.1 Å². The SMILES string of the molecule is C=Cc1cc(Cc2n[nH]c(=O)c3ccc(C#CC4CC4)cc23)ccc1F. The topological polar surface area (TPSA) is 45.8 Å². The van der Waals surface area contributed by atoms with Crippen molar-refractivity contribution in [3.63, 3.8) is 0 Å². The van der Waals surface area contributed by atoms with Gasteiger partial charge in [-0.1, -0.05) is 30.6 Å². The van der Waals surface area contributed by atoms with Crippen molar-refractivity contribution in [2.24, 2.45) is 5.92 Å². The third kappa shape index (κ3) is 3.29. The number of aromatic amines is 1. The fourth-order valence-electron chi connectivity index (χ4n) is 2.90. The number of rotatable bonds is 3. The van der Waals surface area contributed by atoms with Gasteiger partial charge in [-0.15, -0.1) is 0 Å². The molecule has 1 fully saturated rings. The van der Waals surface area contributed by atoms with E-state index in [4.69, 9.17) is 0 Å². The standard InChI is InChI=1S/C22H17FN2O/c1-2-17-11-16(8-10-20(17)23)13-21-19-12-15(6-5-14-3-4-14)7-9-18(19)22(26)25-24-21/h2,7-12,14H,1,3-4,13H2,(H,25,26). The molecule has 1 aromatic heterocycles. The van der Waals surface area contributed by atoms with Crippen LogP contribution >= 0.6 is 0 Å². The minimum Gasteiger partial charge on any atom is -0.267 e. The van der Waals surface area contributed by atoms with Crippen molar-refractivity contribution in [1.82, 2.24) is 10.2 Å². The lowest BCUT2D eigenvalue weighted by atomic mass is 10.0. The van der Waals surface area contributed by atoms with E-state index in [2.05, 4.69) is 28.6 Å². The Morgan fingerprint density at radius 2 is 2.08 bits per heavy atom. The third-order valence-electron chi connectivity index (χ3n) is 4.52. The Morgan fingerprint density at radius 3 is 2.85 bits per heavy atom. The third-order valence-corrected chi connectivity index (χ3v) is 4.52. The molecule has 1 N–H and O–H groups in total. The van der Waals surface area contributed by atoms with Crippen molar-refractivity contribution >= 4 is 16.8 Å². The van der Waals surface area contributed by atoms with Gasteiger partial charge in [-0.3, -0.25) is 4.79 Å². The predicted octanol–water partition coefficient (Wildman–Crippen LogP) is 4.06. The number of benzene rings is 2. The second-order valence-electron chi connectivity index (χ2n) is 6.54. The molecule has 4 rings (SSSR count). The first kappa shape index (κ1) is 16.3. The van der Waals surface area contributed by atoms with Gasteiger partial charge in [-0.05, 0) is 48.7 Å². The van der Waals surface area contributed by atoms with Crippen LogP contribution in [0.3, 0.4) is 0 Å². The number of nitrogens with one attached hydrogen (secondary N) is 1. The van der Waals surface area contributed by atoms with Gasteiger partial charge in [0.1, 0.15) is 5.82 Å². The summed E-state index contributed by atoms with van der Waals surface area (Å²) >= 11 is 0. The molecule has 0 saturated heterocycles. The number of nitrogens with zero attached hydrogens (tertiary/aromatic N) is 1. The molecule has 0 amide bonds. The minimum absolute atomic E-state index is 0.226. The summed E-state index contributed by atoms with van der Waals surface area (Å²) in [4.78, 5) is 12.1. The van der Waals surface area contributed by atoms with E-state index in [0.29, 0.717) is 23.3 Å². The van der Waals surface area contributed by atoms with Crippen molar-refractivity contribution in [3.8, 4) is 11.8 Å². The van der Waals surface area contributed by atoms with Crippen LogP contribution in [0.5, 0.6) is 0 Å². The van der Waals surface area contributed by atoms with Gasteiger partial charge in [0.2, 0.25) is 0 Å². The molecule has 0 radical (unpaired) electrons. The largest absolute Gasteiger partial charge is 0.272 e. The zero-order chi connectivity index (χ0) is 18.1. The quantitative estimate of drug-likeness (QED) is 0.729. The van der Waals surface area contributed by atoms with E-state index < -0.39 is 0 Å². The Balaban J connectivity index is 1.77. The first-order valence-electron chi connectivity index (χ1n) is 8.58. The zero-order valence-electron chi connectivity index (χ0n) is 14.2. The zero-order valence-corrected chi connectivity index (χ0v) is 14.2. The monoisotopic (exact) mass is 344 g/mol. The van der Waals surface area contributed by atoms with E-state index in [1.54, 1.807) is 18.2 Å². The summed E-state index contributed by atoms with van der Waals surface area (Å²) < 4.78 is 13.7. The molecule has 0 aliphatic heterocycles. The molecule has 1 heterocycles. The molecule has 3 aromatic rings. The van der Waals surface area contributed by atoms with E-state index in [9.17, 15) is 9.18 Å². The molecule has 0 atom stereocenters. The maximum absolute atomic E-state index is 13.7. The number of aromatic nitrogens is 2. The van der Waals surface area contributed by atoms with E-state index in [1.165, 1.54) is 25.0 Å². The summed E-state index contributed by atoms with van der Waals surface area (Å²) in [6.45, 7) is 3.63. The second kappa shape index (κ2) is 6.61. The lowest BCUT2D eigenvalue weighted by Crippen LogP contribution is -2.11. The van der Waals surface area contributed by atoms with Crippen molar-refractivity contribution in [2.75, 3.05) is 0 Å². The number of hydrogen-bond donors (Lipinski definition) is 1. The predicted molar refractivity (Wildman–Crippen MR) is 101 cm³/mol. The summed E-state index contributed by atoms with van der Waals surface area (Å²) in [5.41, 5.74) is 2.74. The van der Waals surface area contributed by atoms with Crippen LogP contribution in [-0.2, 0) is 6.42 Å². The Bertz CT molecular complexity index is 1130. The van der Waals surface area contributed by atoms with Crippen LogP contribution in [0.15, 0.2) is 47.8 Å². The summed E-state index contributed by atoms with van der Waals surface area (Å²) in [5.74, 6) is 6.62. The maximum atomic E-state index is 13.7. The minimum atomic E-state index is -0.305. The number of H-pyrrole nitrogens is 1. The van der Waals surface area contributed by atoms with Crippen LogP contribution in [0.2, 0.25) is 0 Å². The molecular weight excluding hydrogens is 327 g/mol. The number of hydrogen-bond acceptors (Lipinski definition) is 2. The van der Waals surface area contributed by atoms with Crippen LogP contribution < -0.4 is 5.56 Å². The average molecular weight is 344 g/mol. The van der Waals surface area contributed by atoms with Crippen LogP contribution in [0, 0.1) is 23.6 Å². The van der Waals surface area contributed by atoms with E-state index >= 15 is 0 Å². The van der Waals surface area contributed by atoms with Gasteiger partial charge < -0.3 is 0 Å². The molecule has 128 valence electrons. The van der Waals surface area contributed by atoms with Crippen molar-refractivity contribution < 1.29 is 4.39 Å². The van der Waals surface area contributed by atoms with Gasteiger partial charge >= 0.3 is 0 Å². The molecule has 1 saturated carbocycles. The van der Waals surface area contributed by atoms with Gasteiger partial charge in [0.25, 0.3) is 5.56 Å². The van der Waals surface area contributed by atoms with Crippen LogP contribution in [0.25, 0.3) is 16.8 Å². The highest BCUT2D eigenvalue weighted by Crippen LogP contribution is 2.27. The molecule has 0 bridgehead atoms. The van der Waals surface area contributed by atoms with Gasteiger partial charge in [-0.25, -0.2) is 9.49 Å². The van der Waals surface area contributed by atoms with Crippen LogP contribution in [0.1, 0.15) is 35.2 Å². The molecule has 1 aliphatic rings. The fraction of sp³-hybridized carbons (Fsp3) is 0.182. The Hall–Kier alpha value is -3.19. The molecule has 0 spiro atoms. The molecule has 1 aliphatic carbocycles.